The number of nitrogens with two attached hydrogens (primary N) is 1. The van der Waals surface area contributed by atoms with Crippen LogP contribution in [0.2, 0.25) is 0 Å². The van der Waals surface area contributed by atoms with E-state index in [1.165, 1.54) is 7.11 Å². The van der Waals surface area contributed by atoms with Crippen molar-refractivity contribution in [2.45, 2.75) is 26.3 Å². The number of hydrogen-bond acceptors (Lipinski definition) is 5. The molecule has 0 aliphatic carbocycles. The Balaban J connectivity index is 3.13. The molecule has 19 heavy (non-hydrogen) atoms. The van der Waals surface area contributed by atoms with Gasteiger partial charge in [0.15, 0.2) is 0 Å². The van der Waals surface area contributed by atoms with E-state index in [0.717, 1.165) is 6.07 Å². The van der Waals surface area contributed by atoms with Gasteiger partial charge in [-0.1, -0.05) is 0 Å². The van der Waals surface area contributed by atoms with E-state index in [2.05, 4.69) is 4.98 Å². The number of methoxy groups -OCH3 is 1. The predicted octanol–water partition coefficient (Wildman–Crippen LogP) is 1.59. The van der Waals surface area contributed by atoms with Crippen molar-refractivity contribution in [1.82, 2.24) is 4.98 Å². The van der Waals surface area contributed by atoms with E-state index < -0.39 is 12.4 Å². The third-order valence-electron chi connectivity index (χ3n) is 2.44. The first-order valence-electron chi connectivity index (χ1n) is 5.73. The van der Waals surface area contributed by atoms with Crippen LogP contribution in [0.5, 0.6) is 5.75 Å². The van der Waals surface area contributed by atoms with Crippen LogP contribution in [0.25, 0.3) is 0 Å². The number of carbonyl (C=O) groups excluding carboxylic acids is 1. The SMILES string of the molecule is CCOC(=O)Cc1nc(CN)c(C(F)F)cc1OC. The highest BCUT2D eigenvalue weighted by Gasteiger charge is 2.19. The highest BCUT2D eigenvalue weighted by Crippen LogP contribution is 2.28. The molecule has 1 aromatic rings. The molecular weight excluding hydrogens is 258 g/mol. The average molecular weight is 274 g/mol. The molecule has 1 aromatic heterocycles. The zero-order valence-electron chi connectivity index (χ0n) is 10.8. The minimum atomic E-state index is -2.70. The number of aromatic nitrogens is 1. The quantitative estimate of drug-likeness (QED) is 0.797. The summed E-state index contributed by atoms with van der Waals surface area (Å²) in [6, 6.07) is 1.16. The van der Waals surface area contributed by atoms with Crippen LogP contribution in [0, 0.1) is 0 Å². The maximum absolute atomic E-state index is 12.8. The van der Waals surface area contributed by atoms with Gasteiger partial charge in [-0.05, 0) is 13.0 Å². The number of nitrogens with zero attached hydrogens (tertiary/aromatic N) is 1. The Kier molecular flexibility index (Phi) is 5.62. The Labute approximate surface area is 109 Å². The zero-order valence-corrected chi connectivity index (χ0v) is 10.8. The van der Waals surface area contributed by atoms with Gasteiger partial charge in [-0.25, -0.2) is 8.78 Å². The molecule has 0 amide bonds. The molecular formula is C12H16F2N2O3. The van der Waals surface area contributed by atoms with Crippen LogP contribution in [0.15, 0.2) is 6.07 Å². The highest BCUT2D eigenvalue weighted by molar-refractivity contribution is 5.73. The zero-order chi connectivity index (χ0) is 14.4. The Hall–Kier alpha value is -1.76. The molecule has 7 heteroatoms. The second kappa shape index (κ2) is 6.98. The number of rotatable bonds is 6. The topological polar surface area (TPSA) is 74.4 Å². The lowest BCUT2D eigenvalue weighted by atomic mass is 10.1. The molecule has 0 aliphatic heterocycles. The maximum atomic E-state index is 12.8. The Morgan fingerprint density at radius 3 is 2.63 bits per heavy atom. The molecule has 1 heterocycles. The summed E-state index contributed by atoms with van der Waals surface area (Å²) in [4.78, 5) is 15.4. The van der Waals surface area contributed by atoms with Crippen molar-refractivity contribution in [2.24, 2.45) is 5.73 Å². The standard InChI is InChI=1S/C12H16F2N2O3/c1-3-19-11(17)5-8-10(18-2)4-7(12(13)14)9(6-15)16-8/h4,12H,3,5-6,15H2,1-2H3. The van der Waals surface area contributed by atoms with Crippen LogP contribution in [-0.4, -0.2) is 24.7 Å². The lowest BCUT2D eigenvalue weighted by Gasteiger charge is -2.13. The van der Waals surface area contributed by atoms with E-state index in [-0.39, 0.29) is 42.3 Å². The molecule has 0 spiro atoms. The second-order valence-corrected chi connectivity index (χ2v) is 3.66. The number of pyridine rings is 1. The average Bonchev–Trinajstić information content (AvgIpc) is 2.38. The molecule has 0 aliphatic rings. The summed E-state index contributed by atoms with van der Waals surface area (Å²) in [7, 11) is 1.32. The van der Waals surface area contributed by atoms with E-state index in [9.17, 15) is 13.6 Å². The third kappa shape index (κ3) is 3.85. The Morgan fingerprint density at radius 2 is 2.16 bits per heavy atom. The van der Waals surface area contributed by atoms with Gasteiger partial charge >= 0.3 is 5.97 Å². The van der Waals surface area contributed by atoms with Gasteiger partial charge in [0, 0.05) is 12.1 Å². The summed E-state index contributed by atoms with van der Waals surface area (Å²) in [5, 5.41) is 0. The van der Waals surface area contributed by atoms with Gasteiger partial charge in [0.05, 0.1) is 31.5 Å². The Morgan fingerprint density at radius 1 is 1.47 bits per heavy atom. The number of ether oxygens (including phenoxy) is 2. The van der Waals surface area contributed by atoms with Crippen LogP contribution >= 0.6 is 0 Å². The molecule has 0 aromatic carbocycles. The molecule has 0 saturated heterocycles. The van der Waals surface area contributed by atoms with Crippen LogP contribution in [0.3, 0.4) is 0 Å². The van der Waals surface area contributed by atoms with E-state index in [1.54, 1.807) is 6.92 Å². The molecule has 0 unspecified atom stereocenters. The largest absolute Gasteiger partial charge is 0.495 e. The summed E-state index contributed by atoms with van der Waals surface area (Å²) in [5.41, 5.74) is 5.39. The van der Waals surface area contributed by atoms with Crippen molar-refractivity contribution in [3.05, 3.63) is 23.0 Å². The van der Waals surface area contributed by atoms with Crippen LogP contribution < -0.4 is 10.5 Å². The number of alkyl halides is 2. The fraction of sp³-hybridized carbons (Fsp3) is 0.500. The first-order valence-corrected chi connectivity index (χ1v) is 5.73. The summed E-state index contributed by atoms with van der Waals surface area (Å²) in [5.74, 6) is -0.373. The second-order valence-electron chi connectivity index (χ2n) is 3.66. The van der Waals surface area contributed by atoms with Crippen molar-refractivity contribution < 1.29 is 23.0 Å². The van der Waals surface area contributed by atoms with Gasteiger partial charge in [-0.15, -0.1) is 0 Å². The first-order chi connectivity index (χ1) is 9.03. The summed E-state index contributed by atoms with van der Waals surface area (Å²) < 4.78 is 35.4. The minimum Gasteiger partial charge on any atom is -0.495 e. The predicted molar refractivity (Wildman–Crippen MR) is 64.0 cm³/mol. The van der Waals surface area contributed by atoms with Crippen molar-refractivity contribution >= 4 is 5.97 Å². The summed E-state index contributed by atoms with van der Waals surface area (Å²) in [6.07, 6.45) is -2.84. The van der Waals surface area contributed by atoms with Gasteiger partial charge in [0.1, 0.15) is 5.75 Å². The van der Waals surface area contributed by atoms with Crippen LogP contribution in [0.4, 0.5) is 8.78 Å². The fourth-order valence-corrected chi connectivity index (χ4v) is 1.59. The monoisotopic (exact) mass is 274 g/mol. The number of halogens is 2. The molecule has 5 nitrogen and oxygen atoms in total. The summed E-state index contributed by atoms with van der Waals surface area (Å²) >= 11 is 0. The van der Waals surface area contributed by atoms with Gasteiger partial charge in [-0.2, -0.15) is 0 Å². The van der Waals surface area contributed by atoms with Gasteiger partial charge in [0.25, 0.3) is 6.43 Å². The molecule has 0 radical (unpaired) electrons. The van der Waals surface area contributed by atoms with Crippen molar-refractivity contribution in [3.63, 3.8) is 0 Å². The maximum Gasteiger partial charge on any atom is 0.312 e. The smallest absolute Gasteiger partial charge is 0.312 e. The number of carbonyl (C=O) groups is 1. The molecule has 1 rings (SSSR count). The van der Waals surface area contributed by atoms with E-state index in [1.807, 2.05) is 0 Å². The fourth-order valence-electron chi connectivity index (χ4n) is 1.59. The molecule has 2 N–H and O–H groups in total. The van der Waals surface area contributed by atoms with Gasteiger partial charge in [-0.3, -0.25) is 9.78 Å². The van der Waals surface area contributed by atoms with E-state index in [0.29, 0.717) is 0 Å². The van der Waals surface area contributed by atoms with E-state index >= 15 is 0 Å². The molecule has 106 valence electrons. The van der Waals surface area contributed by atoms with E-state index in [4.69, 9.17) is 15.2 Å². The highest BCUT2D eigenvalue weighted by atomic mass is 19.3. The lowest BCUT2D eigenvalue weighted by molar-refractivity contribution is -0.142. The molecule has 0 saturated carbocycles. The molecule has 0 bridgehead atoms. The Bertz CT molecular complexity index is 453. The molecule has 0 atom stereocenters. The van der Waals surface area contributed by atoms with Crippen LogP contribution in [-0.2, 0) is 22.5 Å². The third-order valence-corrected chi connectivity index (χ3v) is 2.44. The first kappa shape index (κ1) is 15.3. The lowest BCUT2D eigenvalue weighted by Crippen LogP contribution is -2.13. The number of esters is 1. The normalized spacial score (nSPS) is 10.6. The minimum absolute atomic E-state index is 0.0510. The van der Waals surface area contributed by atoms with Crippen molar-refractivity contribution in [2.75, 3.05) is 13.7 Å². The summed E-state index contributed by atoms with van der Waals surface area (Å²) in [6.45, 7) is 1.77. The van der Waals surface area contributed by atoms with Gasteiger partial charge < -0.3 is 15.2 Å². The van der Waals surface area contributed by atoms with Gasteiger partial charge in [0.2, 0.25) is 0 Å². The van der Waals surface area contributed by atoms with Crippen LogP contribution in [0.1, 0.15) is 30.3 Å². The van der Waals surface area contributed by atoms with Crippen molar-refractivity contribution in [1.29, 1.82) is 0 Å². The number of hydrogen-bond donors (Lipinski definition) is 1. The molecule has 0 fully saturated rings. The van der Waals surface area contributed by atoms with Crippen molar-refractivity contribution in [3.8, 4) is 5.75 Å².